The first kappa shape index (κ1) is 21.4. The maximum absolute atomic E-state index is 5.97. The SMILES string of the molecule is COc1ccc(COc2ccc(Cn3cnc4cc(-c5cncnc5)ccc43)cc2OC)cn1. The maximum Gasteiger partial charge on any atom is 0.212 e. The lowest BCUT2D eigenvalue weighted by molar-refractivity contribution is 0.283. The van der Waals surface area contributed by atoms with Crippen molar-refractivity contribution in [2.45, 2.75) is 13.2 Å². The van der Waals surface area contributed by atoms with Gasteiger partial charge in [0.1, 0.15) is 12.9 Å². The van der Waals surface area contributed by atoms with Gasteiger partial charge in [-0.3, -0.25) is 0 Å². The number of rotatable bonds is 8. The molecular formula is C26H23N5O3. The zero-order valence-electron chi connectivity index (χ0n) is 18.9. The first-order chi connectivity index (χ1) is 16.7. The lowest BCUT2D eigenvalue weighted by Gasteiger charge is -2.13. The molecule has 170 valence electrons. The number of hydrogen-bond donors (Lipinski definition) is 0. The molecule has 0 aliphatic rings. The quantitative estimate of drug-likeness (QED) is 0.341. The normalized spacial score (nSPS) is 10.9. The van der Waals surface area contributed by atoms with Crippen molar-refractivity contribution < 1.29 is 14.2 Å². The summed E-state index contributed by atoms with van der Waals surface area (Å²) < 4.78 is 18.8. The summed E-state index contributed by atoms with van der Waals surface area (Å²) in [6.45, 7) is 1.04. The zero-order valence-corrected chi connectivity index (χ0v) is 18.9. The lowest BCUT2D eigenvalue weighted by Crippen LogP contribution is -2.01. The van der Waals surface area contributed by atoms with Crippen LogP contribution in [0.25, 0.3) is 22.2 Å². The molecule has 3 aromatic heterocycles. The molecule has 0 aliphatic carbocycles. The summed E-state index contributed by atoms with van der Waals surface area (Å²) in [5.74, 6) is 1.92. The topological polar surface area (TPSA) is 84.2 Å². The standard InChI is InChI=1S/C26H23N5O3/c1-32-25-9-18(3-7-24(25)34-15-19-4-8-26(33-2)29-11-19)14-31-17-30-22-10-20(5-6-23(22)31)21-12-27-16-28-13-21/h3-13,16-17H,14-15H2,1-2H3. The van der Waals surface area contributed by atoms with Crippen LogP contribution in [0.3, 0.4) is 0 Å². The number of pyridine rings is 1. The van der Waals surface area contributed by atoms with E-state index in [1.54, 1.807) is 32.8 Å². The second-order valence-corrected chi connectivity index (χ2v) is 7.69. The van der Waals surface area contributed by atoms with Crippen LogP contribution in [0.1, 0.15) is 11.1 Å². The highest BCUT2D eigenvalue weighted by atomic mass is 16.5. The van der Waals surface area contributed by atoms with Gasteiger partial charge in [0.15, 0.2) is 11.5 Å². The molecule has 0 radical (unpaired) electrons. The highest BCUT2D eigenvalue weighted by Crippen LogP contribution is 2.30. The van der Waals surface area contributed by atoms with Gasteiger partial charge >= 0.3 is 0 Å². The Kier molecular flexibility index (Phi) is 6.03. The Hall–Kier alpha value is -4.46. The molecule has 0 aliphatic heterocycles. The molecule has 0 N–H and O–H groups in total. The van der Waals surface area contributed by atoms with Gasteiger partial charge < -0.3 is 18.8 Å². The Morgan fingerprint density at radius 3 is 2.38 bits per heavy atom. The molecule has 0 amide bonds. The first-order valence-corrected chi connectivity index (χ1v) is 10.7. The van der Waals surface area contributed by atoms with E-state index in [1.807, 2.05) is 36.7 Å². The Labute approximate surface area is 196 Å². The van der Waals surface area contributed by atoms with Gasteiger partial charge in [-0.25, -0.2) is 19.9 Å². The minimum absolute atomic E-state index is 0.383. The Bertz CT molecular complexity index is 1400. The largest absolute Gasteiger partial charge is 0.493 e. The van der Waals surface area contributed by atoms with Crippen molar-refractivity contribution in [3.05, 3.63) is 90.9 Å². The highest BCUT2D eigenvalue weighted by molar-refractivity contribution is 5.81. The summed E-state index contributed by atoms with van der Waals surface area (Å²) in [4.78, 5) is 17.0. The van der Waals surface area contributed by atoms with Crippen LogP contribution >= 0.6 is 0 Å². The number of imidazole rings is 1. The molecule has 0 fully saturated rings. The highest BCUT2D eigenvalue weighted by Gasteiger charge is 2.10. The van der Waals surface area contributed by atoms with Crippen LogP contribution in [-0.4, -0.2) is 38.7 Å². The van der Waals surface area contributed by atoms with Crippen LogP contribution in [0.2, 0.25) is 0 Å². The summed E-state index contributed by atoms with van der Waals surface area (Å²) >= 11 is 0. The molecule has 0 unspecified atom stereocenters. The van der Waals surface area contributed by atoms with E-state index >= 15 is 0 Å². The molecule has 34 heavy (non-hydrogen) atoms. The van der Waals surface area contributed by atoms with Crippen molar-refractivity contribution in [2.75, 3.05) is 14.2 Å². The number of fused-ring (bicyclic) bond motifs is 1. The van der Waals surface area contributed by atoms with Crippen molar-refractivity contribution in [1.29, 1.82) is 0 Å². The van der Waals surface area contributed by atoms with Crippen molar-refractivity contribution in [2.24, 2.45) is 0 Å². The average molecular weight is 454 g/mol. The summed E-state index contributed by atoms with van der Waals surface area (Å²) in [5, 5.41) is 0. The van der Waals surface area contributed by atoms with Gasteiger partial charge in [0.05, 0.1) is 31.6 Å². The van der Waals surface area contributed by atoms with Gasteiger partial charge in [-0.1, -0.05) is 12.1 Å². The molecule has 8 nitrogen and oxygen atoms in total. The maximum atomic E-state index is 5.97. The number of aromatic nitrogens is 5. The van der Waals surface area contributed by atoms with Crippen molar-refractivity contribution in [3.63, 3.8) is 0 Å². The van der Waals surface area contributed by atoms with Gasteiger partial charge in [0.2, 0.25) is 5.88 Å². The summed E-state index contributed by atoms with van der Waals surface area (Å²) in [6, 6.07) is 15.9. The summed E-state index contributed by atoms with van der Waals surface area (Å²) in [7, 11) is 3.23. The van der Waals surface area contributed by atoms with Crippen LogP contribution in [-0.2, 0) is 13.2 Å². The van der Waals surface area contributed by atoms with E-state index in [-0.39, 0.29) is 0 Å². The second-order valence-electron chi connectivity index (χ2n) is 7.69. The molecule has 0 saturated carbocycles. The number of hydrogen-bond acceptors (Lipinski definition) is 7. The molecule has 0 atom stereocenters. The molecule has 2 aromatic carbocycles. The van der Waals surface area contributed by atoms with Crippen molar-refractivity contribution >= 4 is 11.0 Å². The van der Waals surface area contributed by atoms with E-state index in [4.69, 9.17) is 14.2 Å². The fourth-order valence-electron chi connectivity index (χ4n) is 3.72. The van der Waals surface area contributed by atoms with Crippen LogP contribution in [0.5, 0.6) is 17.4 Å². The third kappa shape index (κ3) is 4.52. The molecule has 8 heteroatoms. The minimum atomic E-state index is 0.383. The van der Waals surface area contributed by atoms with E-state index in [0.29, 0.717) is 30.5 Å². The smallest absolute Gasteiger partial charge is 0.212 e. The van der Waals surface area contributed by atoms with Gasteiger partial charge in [0, 0.05) is 42.3 Å². The average Bonchev–Trinajstić information content (AvgIpc) is 3.30. The van der Waals surface area contributed by atoms with Crippen molar-refractivity contribution in [3.8, 4) is 28.5 Å². The number of methoxy groups -OCH3 is 2. The summed E-state index contributed by atoms with van der Waals surface area (Å²) in [5.41, 5.74) is 5.99. The summed E-state index contributed by atoms with van der Waals surface area (Å²) in [6.07, 6.45) is 8.71. The Morgan fingerprint density at radius 2 is 1.62 bits per heavy atom. The third-order valence-corrected chi connectivity index (χ3v) is 5.50. The number of ether oxygens (including phenoxy) is 3. The molecule has 5 rings (SSSR count). The molecule has 0 bridgehead atoms. The van der Waals surface area contributed by atoms with E-state index in [1.165, 1.54) is 6.33 Å². The molecule has 0 saturated heterocycles. The third-order valence-electron chi connectivity index (χ3n) is 5.50. The Balaban J connectivity index is 1.32. The number of benzene rings is 2. The minimum Gasteiger partial charge on any atom is -0.493 e. The molecule has 5 aromatic rings. The van der Waals surface area contributed by atoms with Crippen LogP contribution in [0, 0.1) is 0 Å². The van der Waals surface area contributed by atoms with Gasteiger partial charge in [-0.2, -0.15) is 0 Å². The van der Waals surface area contributed by atoms with E-state index in [0.717, 1.165) is 33.3 Å². The van der Waals surface area contributed by atoms with E-state index in [2.05, 4.69) is 42.7 Å². The van der Waals surface area contributed by atoms with E-state index in [9.17, 15) is 0 Å². The van der Waals surface area contributed by atoms with Gasteiger partial charge in [-0.05, 0) is 41.5 Å². The fraction of sp³-hybridized carbons (Fsp3) is 0.154. The van der Waals surface area contributed by atoms with E-state index < -0.39 is 0 Å². The lowest BCUT2D eigenvalue weighted by atomic mass is 10.1. The fourth-order valence-corrected chi connectivity index (χ4v) is 3.72. The molecular weight excluding hydrogens is 430 g/mol. The predicted molar refractivity (Wildman–Crippen MR) is 128 cm³/mol. The molecule has 3 heterocycles. The Morgan fingerprint density at radius 1 is 0.765 bits per heavy atom. The van der Waals surface area contributed by atoms with Gasteiger partial charge in [0.25, 0.3) is 0 Å². The predicted octanol–water partition coefficient (Wildman–Crippen LogP) is 4.53. The van der Waals surface area contributed by atoms with Crippen LogP contribution in [0.4, 0.5) is 0 Å². The van der Waals surface area contributed by atoms with Gasteiger partial charge in [-0.15, -0.1) is 0 Å². The first-order valence-electron chi connectivity index (χ1n) is 10.7. The van der Waals surface area contributed by atoms with Crippen LogP contribution < -0.4 is 14.2 Å². The van der Waals surface area contributed by atoms with Crippen LogP contribution in [0.15, 0.2) is 79.8 Å². The zero-order chi connectivity index (χ0) is 23.3. The monoisotopic (exact) mass is 453 g/mol. The second kappa shape index (κ2) is 9.58. The van der Waals surface area contributed by atoms with Crippen molar-refractivity contribution in [1.82, 2.24) is 24.5 Å². The molecule has 0 spiro atoms. The number of nitrogens with zero attached hydrogens (tertiary/aromatic N) is 5.